The summed E-state index contributed by atoms with van der Waals surface area (Å²) < 4.78 is 13.9. The Labute approximate surface area is 134 Å². The van der Waals surface area contributed by atoms with E-state index in [1.165, 1.54) is 6.07 Å². The van der Waals surface area contributed by atoms with Gasteiger partial charge in [0.05, 0.1) is 6.10 Å². The van der Waals surface area contributed by atoms with E-state index >= 15 is 0 Å². The third-order valence-corrected chi connectivity index (χ3v) is 3.76. The van der Waals surface area contributed by atoms with Crippen LogP contribution in [0.4, 0.5) is 4.39 Å². The van der Waals surface area contributed by atoms with Gasteiger partial charge in [0.1, 0.15) is 5.82 Å². The van der Waals surface area contributed by atoms with Crippen molar-refractivity contribution in [1.29, 1.82) is 0 Å². The van der Waals surface area contributed by atoms with Crippen molar-refractivity contribution in [2.24, 2.45) is 0 Å². The summed E-state index contributed by atoms with van der Waals surface area (Å²) in [5.41, 5.74) is 1.22. The van der Waals surface area contributed by atoms with Crippen LogP contribution in [0.5, 0.6) is 0 Å². The van der Waals surface area contributed by atoms with Gasteiger partial charge in [0.15, 0.2) is 0 Å². The molecule has 22 heavy (non-hydrogen) atoms. The predicted molar refractivity (Wildman–Crippen MR) is 85.3 cm³/mol. The van der Waals surface area contributed by atoms with Gasteiger partial charge in [-0.1, -0.05) is 41.9 Å². The summed E-state index contributed by atoms with van der Waals surface area (Å²) in [7, 11) is 0. The van der Waals surface area contributed by atoms with Crippen molar-refractivity contribution in [3.8, 4) is 0 Å². The van der Waals surface area contributed by atoms with Crippen LogP contribution >= 0.6 is 11.6 Å². The Morgan fingerprint density at radius 2 is 1.77 bits per heavy atom. The second-order valence-electron chi connectivity index (χ2n) is 5.06. The molecule has 3 nitrogen and oxygen atoms in total. The standard InChI is InChI=1S/C17H19ClFNO2/c18-13-7-5-12(6-8-13)17(22)11-20-16(9-10-21)14-3-1-2-4-15(14)19/h1-8,16-17,20-22H,9-11H2/t16?,17-/m0/s1. The number of nitrogens with one attached hydrogen (secondary N) is 1. The van der Waals surface area contributed by atoms with Gasteiger partial charge in [0.25, 0.3) is 0 Å². The number of benzene rings is 2. The normalized spacial score (nSPS) is 13.8. The lowest BCUT2D eigenvalue weighted by atomic mass is 10.0. The Hall–Kier alpha value is -1.46. The molecule has 118 valence electrons. The highest BCUT2D eigenvalue weighted by atomic mass is 35.5. The van der Waals surface area contributed by atoms with E-state index in [4.69, 9.17) is 16.7 Å². The Bertz CT molecular complexity index is 591. The first-order valence-corrected chi connectivity index (χ1v) is 7.52. The highest BCUT2D eigenvalue weighted by Crippen LogP contribution is 2.21. The molecule has 0 spiro atoms. The van der Waals surface area contributed by atoms with Gasteiger partial charge >= 0.3 is 0 Å². The summed E-state index contributed by atoms with van der Waals surface area (Å²) in [6, 6.07) is 13.0. The lowest BCUT2D eigenvalue weighted by molar-refractivity contribution is 0.165. The van der Waals surface area contributed by atoms with Gasteiger partial charge < -0.3 is 15.5 Å². The third-order valence-electron chi connectivity index (χ3n) is 3.51. The number of aliphatic hydroxyl groups is 2. The third kappa shape index (κ3) is 4.52. The maximum Gasteiger partial charge on any atom is 0.127 e. The summed E-state index contributed by atoms with van der Waals surface area (Å²) in [6.07, 6.45) is -0.362. The van der Waals surface area contributed by atoms with Gasteiger partial charge in [0, 0.05) is 29.8 Å². The molecule has 2 aromatic carbocycles. The summed E-state index contributed by atoms with van der Waals surface area (Å²) >= 11 is 5.82. The van der Waals surface area contributed by atoms with Crippen molar-refractivity contribution in [3.05, 3.63) is 70.5 Å². The van der Waals surface area contributed by atoms with Crippen LogP contribution in [0.15, 0.2) is 48.5 Å². The maximum absolute atomic E-state index is 13.9. The Balaban J connectivity index is 2.02. The van der Waals surface area contributed by atoms with E-state index in [-0.39, 0.29) is 25.0 Å². The topological polar surface area (TPSA) is 52.5 Å². The van der Waals surface area contributed by atoms with E-state index in [1.54, 1.807) is 42.5 Å². The maximum atomic E-state index is 13.9. The SMILES string of the molecule is OCCC(NC[C@H](O)c1ccc(Cl)cc1)c1ccccc1F. The van der Waals surface area contributed by atoms with E-state index < -0.39 is 6.10 Å². The average molecular weight is 324 g/mol. The van der Waals surface area contributed by atoms with Gasteiger partial charge in [0.2, 0.25) is 0 Å². The molecule has 0 aliphatic rings. The zero-order chi connectivity index (χ0) is 15.9. The van der Waals surface area contributed by atoms with E-state index in [9.17, 15) is 9.50 Å². The second-order valence-corrected chi connectivity index (χ2v) is 5.50. The number of halogens is 2. The van der Waals surface area contributed by atoms with Crippen LogP contribution in [0.3, 0.4) is 0 Å². The molecule has 0 saturated carbocycles. The molecule has 0 saturated heterocycles. The second kappa shape index (κ2) is 8.25. The van der Waals surface area contributed by atoms with Gasteiger partial charge in [-0.05, 0) is 30.2 Å². The van der Waals surface area contributed by atoms with Gasteiger partial charge in [-0.3, -0.25) is 0 Å². The van der Waals surface area contributed by atoms with Crippen molar-refractivity contribution in [2.75, 3.05) is 13.2 Å². The lowest BCUT2D eigenvalue weighted by Crippen LogP contribution is -2.28. The van der Waals surface area contributed by atoms with Crippen LogP contribution in [0.25, 0.3) is 0 Å². The van der Waals surface area contributed by atoms with Crippen LogP contribution in [0.1, 0.15) is 29.7 Å². The molecule has 3 N–H and O–H groups in total. The summed E-state index contributed by atoms with van der Waals surface area (Å²) in [4.78, 5) is 0. The van der Waals surface area contributed by atoms with Crippen LogP contribution in [-0.4, -0.2) is 23.4 Å². The van der Waals surface area contributed by atoms with Crippen molar-refractivity contribution in [2.45, 2.75) is 18.6 Å². The molecule has 0 amide bonds. The molecule has 0 aromatic heterocycles. The molecule has 1 unspecified atom stereocenters. The van der Waals surface area contributed by atoms with E-state index in [0.29, 0.717) is 17.0 Å². The molecular formula is C17H19ClFNO2. The zero-order valence-electron chi connectivity index (χ0n) is 12.0. The van der Waals surface area contributed by atoms with Crippen LogP contribution in [0, 0.1) is 5.82 Å². The fourth-order valence-electron chi connectivity index (χ4n) is 2.31. The Morgan fingerprint density at radius 1 is 1.09 bits per heavy atom. The van der Waals surface area contributed by atoms with Gasteiger partial charge in [-0.25, -0.2) is 4.39 Å². The molecule has 0 fully saturated rings. The van der Waals surface area contributed by atoms with Crippen LogP contribution in [-0.2, 0) is 0 Å². The monoisotopic (exact) mass is 323 g/mol. The predicted octanol–water partition coefficient (Wildman–Crippen LogP) is 3.23. The zero-order valence-corrected chi connectivity index (χ0v) is 12.8. The minimum absolute atomic E-state index is 0.0664. The quantitative estimate of drug-likeness (QED) is 0.733. The first-order chi connectivity index (χ1) is 10.6. The van der Waals surface area contributed by atoms with Crippen LogP contribution in [0.2, 0.25) is 5.02 Å². The summed E-state index contributed by atoms with van der Waals surface area (Å²) in [5, 5.41) is 23.1. The largest absolute Gasteiger partial charge is 0.396 e. The fraction of sp³-hybridized carbons (Fsp3) is 0.294. The van der Waals surface area contributed by atoms with Gasteiger partial charge in [-0.15, -0.1) is 0 Å². The molecular weight excluding hydrogens is 305 g/mol. The number of hydrogen-bond donors (Lipinski definition) is 3. The highest BCUT2D eigenvalue weighted by Gasteiger charge is 2.16. The van der Waals surface area contributed by atoms with E-state index in [2.05, 4.69) is 5.32 Å². The first kappa shape index (κ1) is 16.9. The minimum atomic E-state index is -0.731. The molecule has 2 atom stereocenters. The first-order valence-electron chi connectivity index (χ1n) is 7.14. The summed E-state index contributed by atoms with van der Waals surface area (Å²) in [5.74, 6) is -0.325. The molecule has 5 heteroatoms. The molecule has 2 aromatic rings. The average Bonchev–Trinajstić information content (AvgIpc) is 2.52. The van der Waals surface area contributed by atoms with E-state index in [0.717, 1.165) is 5.56 Å². The Kier molecular flexibility index (Phi) is 6.34. The van der Waals surface area contributed by atoms with E-state index in [1.807, 2.05) is 0 Å². The smallest absolute Gasteiger partial charge is 0.127 e. The molecule has 0 heterocycles. The molecule has 2 rings (SSSR count). The summed E-state index contributed by atoms with van der Waals surface area (Å²) in [6.45, 7) is 0.184. The molecule has 0 aliphatic carbocycles. The number of rotatable bonds is 7. The molecule has 0 bridgehead atoms. The van der Waals surface area contributed by atoms with Crippen molar-refractivity contribution < 1.29 is 14.6 Å². The van der Waals surface area contributed by atoms with Crippen LogP contribution < -0.4 is 5.32 Å². The fourth-order valence-corrected chi connectivity index (χ4v) is 2.44. The Morgan fingerprint density at radius 3 is 2.41 bits per heavy atom. The molecule has 0 radical (unpaired) electrons. The molecule has 0 aliphatic heterocycles. The van der Waals surface area contributed by atoms with Gasteiger partial charge in [-0.2, -0.15) is 0 Å². The number of hydrogen-bond acceptors (Lipinski definition) is 3. The van der Waals surface area contributed by atoms with Crippen molar-refractivity contribution in [1.82, 2.24) is 5.32 Å². The highest BCUT2D eigenvalue weighted by molar-refractivity contribution is 6.30. The lowest BCUT2D eigenvalue weighted by Gasteiger charge is -2.21. The van der Waals surface area contributed by atoms with Crippen molar-refractivity contribution in [3.63, 3.8) is 0 Å². The number of aliphatic hydroxyl groups excluding tert-OH is 2. The minimum Gasteiger partial charge on any atom is -0.396 e. The van der Waals surface area contributed by atoms with Crippen molar-refractivity contribution >= 4 is 11.6 Å².